The number of amides is 1. The Morgan fingerprint density at radius 2 is 1.00 bits per heavy atom. The average Bonchev–Trinajstić information content (AvgIpc) is 3.25. The van der Waals surface area contributed by atoms with Gasteiger partial charge in [0, 0.05) is 40.5 Å². The fraction of sp³-hybridized carbons (Fsp3) is 0.923. The lowest BCUT2D eigenvalue weighted by Crippen LogP contribution is -2.41. The van der Waals surface area contributed by atoms with Crippen molar-refractivity contribution in [2.24, 2.45) is 4.99 Å². The Labute approximate surface area is 379 Å². The van der Waals surface area contributed by atoms with Crippen LogP contribution >= 0.6 is 0 Å². The fourth-order valence-corrected chi connectivity index (χ4v) is 7.87. The number of hydrogen-bond donors (Lipinski definition) is 2. The molecular weight excluding hydrogens is 761 g/mol. The van der Waals surface area contributed by atoms with E-state index in [0.29, 0.717) is 24.9 Å². The predicted octanol–water partition coefficient (Wildman–Crippen LogP) is 13.8. The number of methoxy groups -OCH3 is 1. The molecule has 0 saturated carbocycles. The van der Waals surface area contributed by atoms with E-state index in [-0.39, 0.29) is 18.0 Å². The van der Waals surface area contributed by atoms with Gasteiger partial charge in [0.25, 0.3) is 0 Å². The molecule has 0 radical (unpaired) electrons. The number of rotatable bonds is 44. The summed E-state index contributed by atoms with van der Waals surface area (Å²) in [5, 5.41) is 5.95. The Kier molecular flexibility index (Phi) is 50.7. The average molecular weight is 865 g/mol. The van der Waals surface area contributed by atoms with Gasteiger partial charge in [-0.15, -0.1) is 0 Å². The molecule has 9 nitrogen and oxygen atoms in total. The topological polar surface area (TPSA) is 109 Å². The zero-order valence-electron chi connectivity index (χ0n) is 41.7. The van der Waals surface area contributed by atoms with Crippen molar-refractivity contribution < 1.29 is 23.9 Å². The van der Waals surface area contributed by atoms with Gasteiger partial charge in [0.05, 0.1) is 6.10 Å². The van der Waals surface area contributed by atoms with E-state index in [1.165, 1.54) is 161 Å². The molecule has 0 saturated heterocycles. The first-order valence-electron chi connectivity index (χ1n) is 26.2. The number of ether oxygens (including phenoxy) is 2. The molecule has 61 heavy (non-hydrogen) atoms. The molecule has 0 bridgehead atoms. The first-order chi connectivity index (χ1) is 29.8. The third-order valence-electron chi connectivity index (χ3n) is 11.8. The highest BCUT2D eigenvalue weighted by Gasteiger charge is 2.14. The highest BCUT2D eigenvalue weighted by atomic mass is 16.5. The third-order valence-corrected chi connectivity index (χ3v) is 11.8. The predicted molar refractivity (Wildman–Crippen MR) is 263 cm³/mol. The van der Waals surface area contributed by atoms with E-state index in [9.17, 15) is 14.4 Å². The van der Waals surface area contributed by atoms with Crippen molar-refractivity contribution in [3.05, 3.63) is 0 Å². The summed E-state index contributed by atoms with van der Waals surface area (Å²) in [5.74, 6) is 0.419. The summed E-state index contributed by atoms with van der Waals surface area (Å²) in [6, 6.07) is 0. The van der Waals surface area contributed by atoms with Crippen LogP contribution in [0, 0.1) is 0 Å². The molecular formula is C52H104N4O5. The van der Waals surface area contributed by atoms with Crippen LogP contribution in [0.25, 0.3) is 0 Å². The minimum Gasteiger partial charge on any atom is -0.462 e. The van der Waals surface area contributed by atoms with E-state index < -0.39 is 0 Å². The summed E-state index contributed by atoms with van der Waals surface area (Å²) in [6.07, 6.45) is 43.2. The van der Waals surface area contributed by atoms with Gasteiger partial charge in [-0.1, -0.05) is 169 Å². The number of guanidine groups is 1. The maximum Gasteiger partial charge on any atom is 0.306 e. The van der Waals surface area contributed by atoms with Crippen molar-refractivity contribution in [1.29, 1.82) is 0 Å². The quantitative estimate of drug-likeness (QED) is 0.0206. The van der Waals surface area contributed by atoms with Gasteiger partial charge in [0.15, 0.2) is 5.96 Å². The lowest BCUT2D eigenvalue weighted by molar-refractivity contribution is -0.150. The standard InChI is InChI=1S/C40H78N4O4.C12H26O/c1-5-7-9-11-16-22-29-38(30-23-17-12-10-8-6-2)48-39(47)31-24-18-15-20-26-34-44(33-25-19-13-14-21-27-36-45)35-28-32-42-40(41-4)43-37(3)46;1-4-6-7-8-9-10-11-12(5-2)13-3/h36,38H,5-35H2,1-4H3,(H2,41,42,43,46);12H,4-11H2,1-3H3. The molecule has 0 rings (SSSR count). The van der Waals surface area contributed by atoms with Crippen molar-refractivity contribution in [2.75, 3.05) is 40.3 Å². The van der Waals surface area contributed by atoms with Gasteiger partial charge < -0.3 is 24.5 Å². The maximum absolute atomic E-state index is 12.7. The lowest BCUT2D eigenvalue weighted by atomic mass is 10.0. The van der Waals surface area contributed by atoms with E-state index in [1.54, 1.807) is 7.05 Å². The number of nitrogens with zero attached hydrogens (tertiary/aromatic N) is 2. The Morgan fingerprint density at radius 3 is 1.44 bits per heavy atom. The van der Waals surface area contributed by atoms with Gasteiger partial charge in [-0.2, -0.15) is 0 Å². The zero-order valence-corrected chi connectivity index (χ0v) is 41.7. The number of carbonyl (C=O) groups excluding carboxylic acids is 3. The summed E-state index contributed by atoms with van der Waals surface area (Å²) >= 11 is 0. The maximum atomic E-state index is 12.7. The Morgan fingerprint density at radius 1 is 0.574 bits per heavy atom. The molecule has 9 heteroatoms. The number of hydrogen-bond acceptors (Lipinski definition) is 7. The Bertz CT molecular complexity index is 944. The van der Waals surface area contributed by atoms with Crippen molar-refractivity contribution in [2.45, 2.75) is 272 Å². The van der Waals surface area contributed by atoms with E-state index in [0.717, 1.165) is 90.3 Å². The van der Waals surface area contributed by atoms with Crippen LogP contribution in [0.2, 0.25) is 0 Å². The summed E-state index contributed by atoms with van der Waals surface area (Å²) in [4.78, 5) is 41.3. The third kappa shape index (κ3) is 47.3. The van der Waals surface area contributed by atoms with E-state index in [2.05, 4.69) is 48.2 Å². The normalized spacial score (nSPS) is 12.0. The Balaban J connectivity index is 0. The summed E-state index contributed by atoms with van der Waals surface area (Å²) in [7, 11) is 3.50. The highest BCUT2D eigenvalue weighted by Crippen LogP contribution is 2.19. The van der Waals surface area contributed by atoms with Crippen LogP contribution in [0.5, 0.6) is 0 Å². The van der Waals surface area contributed by atoms with Gasteiger partial charge in [-0.05, 0) is 90.3 Å². The van der Waals surface area contributed by atoms with Crippen molar-refractivity contribution >= 4 is 24.1 Å². The first kappa shape index (κ1) is 61.1. The molecule has 0 aliphatic rings. The monoisotopic (exact) mass is 865 g/mol. The van der Waals surface area contributed by atoms with E-state index >= 15 is 0 Å². The zero-order chi connectivity index (χ0) is 45.3. The van der Waals surface area contributed by atoms with Gasteiger partial charge in [-0.25, -0.2) is 0 Å². The molecule has 0 aliphatic heterocycles. The van der Waals surface area contributed by atoms with E-state index in [1.807, 2.05) is 7.11 Å². The summed E-state index contributed by atoms with van der Waals surface area (Å²) in [5.41, 5.74) is 0. The van der Waals surface area contributed by atoms with Crippen LogP contribution < -0.4 is 10.6 Å². The molecule has 0 heterocycles. The second-order valence-corrected chi connectivity index (χ2v) is 17.7. The van der Waals surface area contributed by atoms with Crippen LogP contribution in [0.1, 0.15) is 259 Å². The number of carbonyl (C=O) groups is 3. The largest absolute Gasteiger partial charge is 0.462 e. The molecule has 1 atom stereocenters. The van der Waals surface area contributed by atoms with E-state index in [4.69, 9.17) is 9.47 Å². The Hall–Kier alpha value is -2.00. The van der Waals surface area contributed by atoms with Gasteiger partial charge >= 0.3 is 5.97 Å². The van der Waals surface area contributed by atoms with Gasteiger partial charge in [-0.3, -0.25) is 19.9 Å². The second-order valence-electron chi connectivity index (χ2n) is 17.7. The van der Waals surface area contributed by atoms with Crippen molar-refractivity contribution in [1.82, 2.24) is 15.5 Å². The highest BCUT2D eigenvalue weighted by molar-refractivity contribution is 5.95. The minimum absolute atomic E-state index is 0.0117. The van der Waals surface area contributed by atoms with Crippen molar-refractivity contribution in [3.63, 3.8) is 0 Å². The molecule has 0 aromatic carbocycles. The first-order valence-corrected chi connectivity index (χ1v) is 26.2. The number of aldehydes is 1. The molecule has 0 spiro atoms. The molecule has 0 aromatic heterocycles. The lowest BCUT2D eigenvalue weighted by Gasteiger charge is -2.22. The number of aliphatic imine (C=N–C) groups is 1. The van der Waals surface area contributed by atoms with Crippen LogP contribution in [-0.2, 0) is 23.9 Å². The molecule has 1 unspecified atom stereocenters. The van der Waals surface area contributed by atoms with Gasteiger partial charge in [0.2, 0.25) is 5.91 Å². The van der Waals surface area contributed by atoms with Crippen LogP contribution in [-0.4, -0.2) is 81.6 Å². The van der Waals surface area contributed by atoms with Crippen molar-refractivity contribution in [3.8, 4) is 0 Å². The smallest absolute Gasteiger partial charge is 0.306 e. The number of esters is 1. The molecule has 2 N–H and O–H groups in total. The summed E-state index contributed by atoms with van der Waals surface area (Å²) in [6.45, 7) is 14.4. The fourth-order valence-electron chi connectivity index (χ4n) is 7.87. The molecule has 0 aromatic rings. The number of nitrogens with one attached hydrogen (secondary N) is 2. The second kappa shape index (κ2) is 50.6. The molecule has 1 amide bonds. The minimum atomic E-state index is -0.119. The summed E-state index contributed by atoms with van der Waals surface area (Å²) < 4.78 is 11.4. The number of unbranched alkanes of at least 4 members (excludes halogenated alkanes) is 24. The van der Waals surface area contributed by atoms with Crippen LogP contribution in [0.4, 0.5) is 0 Å². The molecule has 0 aliphatic carbocycles. The van der Waals surface area contributed by atoms with Gasteiger partial charge in [0.1, 0.15) is 12.4 Å². The van der Waals surface area contributed by atoms with Crippen LogP contribution in [0.3, 0.4) is 0 Å². The molecule has 0 fully saturated rings. The van der Waals surface area contributed by atoms with Crippen LogP contribution in [0.15, 0.2) is 4.99 Å². The SMILES string of the molecule is CCCCCCCCC(CC)OC.CCCCCCCCC(CCCCCCCC)OC(=O)CCCCCCCN(CCCCCCCC=O)CCCNC(=NC)NC(C)=O. The molecule has 362 valence electrons.